The van der Waals surface area contributed by atoms with Crippen LogP contribution in [0.25, 0.3) is 0 Å². The van der Waals surface area contributed by atoms with E-state index in [1.165, 1.54) is 0 Å². The summed E-state index contributed by atoms with van der Waals surface area (Å²) in [6.07, 6.45) is 1.96. The minimum atomic E-state index is -0.218. The molecule has 0 saturated carbocycles. The largest absolute Gasteiger partial charge is 0.376 e. The molecule has 0 bridgehead atoms. The van der Waals surface area contributed by atoms with Crippen LogP contribution in [0.4, 0.5) is 11.4 Å². The average Bonchev–Trinajstić information content (AvgIpc) is 2.87. The summed E-state index contributed by atoms with van der Waals surface area (Å²) in [4.78, 5) is 36.6. The van der Waals surface area contributed by atoms with Crippen molar-refractivity contribution in [3.63, 3.8) is 0 Å². The number of nitrogens with one attached hydrogen (secondary N) is 4. The van der Waals surface area contributed by atoms with Gasteiger partial charge in [0.2, 0.25) is 5.91 Å². The zero-order valence-corrected chi connectivity index (χ0v) is 19.3. The van der Waals surface area contributed by atoms with Crippen LogP contribution in [0.5, 0.6) is 0 Å². The lowest BCUT2D eigenvalue weighted by Gasteiger charge is -2.10. The van der Waals surface area contributed by atoms with Crippen molar-refractivity contribution in [1.82, 2.24) is 10.6 Å². The molecule has 0 heterocycles. The number of amides is 3. The van der Waals surface area contributed by atoms with Crippen molar-refractivity contribution in [1.29, 1.82) is 0 Å². The molecule has 7 nitrogen and oxygen atoms in total. The summed E-state index contributed by atoms with van der Waals surface area (Å²) in [6, 6.07) is 23.4. The highest BCUT2D eigenvalue weighted by atomic mass is 16.2. The van der Waals surface area contributed by atoms with Gasteiger partial charge < -0.3 is 21.3 Å². The molecular weight excluding hydrogens is 428 g/mol. The molecule has 34 heavy (non-hydrogen) atoms. The van der Waals surface area contributed by atoms with Gasteiger partial charge in [0.1, 0.15) is 0 Å². The Balaban J connectivity index is 1.42. The second kappa shape index (κ2) is 12.8. The maximum Gasteiger partial charge on any atom is 0.251 e. The Morgan fingerprint density at radius 2 is 1.29 bits per heavy atom. The van der Waals surface area contributed by atoms with Gasteiger partial charge >= 0.3 is 0 Å². The van der Waals surface area contributed by atoms with Crippen LogP contribution in [0.2, 0.25) is 0 Å². The van der Waals surface area contributed by atoms with Gasteiger partial charge in [-0.25, -0.2) is 0 Å². The van der Waals surface area contributed by atoms with Crippen molar-refractivity contribution in [2.45, 2.75) is 26.3 Å². The fourth-order valence-corrected chi connectivity index (χ4v) is 3.19. The number of carbonyl (C=O) groups is 3. The molecule has 0 unspecified atom stereocenters. The van der Waals surface area contributed by atoms with Crippen LogP contribution in [0, 0.1) is 0 Å². The highest BCUT2D eigenvalue weighted by molar-refractivity contribution is 5.97. The van der Waals surface area contributed by atoms with Gasteiger partial charge in [-0.2, -0.15) is 0 Å². The molecule has 3 amide bonds. The molecule has 0 spiro atoms. The van der Waals surface area contributed by atoms with Crippen LogP contribution >= 0.6 is 0 Å². The summed E-state index contributed by atoms with van der Waals surface area (Å²) < 4.78 is 0. The van der Waals surface area contributed by atoms with E-state index in [9.17, 15) is 14.4 Å². The molecule has 0 aliphatic rings. The fourth-order valence-electron chi connectivity index (χ4n) is 3.19. The maximum absolute atomic E-state index is 12.3. The monoisotopic (exact) mass is 458 g/mol. The van der Waals surface area contributed by atoms with E-state index in [0.29, 0.717) is 29.9 Å². The van der Waals surface area contributed by atoms with Gasteiger partial charge in [0.15, 0.2) is 0 Å². The Morgan fingerprint density at radius 1 is 0.706 bits per heavy atom. The Morgan fingerprint density at radius 3 is 1.91 bits per heavy atom. The molecular formula is C27H30N4O3. The third-order valence-corrected chi connectivity index (χ3v) is 5.14. The standard InChI is InChI=1S/C27H30N4O3/c1-2-3-17-28-26(33)21-11-15-24(16-12-21)31-25(32)19-29-23-13-9-22(10-14-23)27(34)30-18-20-7-5-4-6-8-20/h4-16,29H,2-3,17-19H2,1H3,(H,28,33)(H,30,34)(H,31,32). The second-order valence-electron chi connectivity index (χ2n) is 7.83. The Kier molecular flexibility index (Phi) is 9.22. The van der Waals surface area contributed by atoms with Crippen molar-refractivity contribution < 1.29 is 14.4 Å². The molecule has 0 saturated heterocycles. The third-order valence-electron chi connectivity index (χ3n) is 5.14. The molecule has 0 fully saturated rings. The van der Waals surface area contributed by atoms with E-state index in [0.717, 1.165) is 24.1 Å². The SMILES string of the molecule is CCCCNC(=O)c1ccc(NC(=O)CNc2ccc(C(=O)NCc3ccccc3)cc2)cc1. The molecule has 176 valence electrons. The fraction of sp³-hybridized carbons (Fsp3) is 0.222. The van der Waals surface area contributed by atoms with Crippen LogP contribution < -0.4 is 21.3 Å². The Hall–Kier alpha value is -4.13. The minimum absolute atomic E-state index is 0.0683. The van der Waals surface area contributed by atoms with E-state index in [-0.39, 0.29) is 24.3 Å². The first kappa shape index (κ1) is 24.5. The molecule has 0 aliphatic heterocycles. The normalized spacial score (nSPS) is 10.3. The minimum Gasteiger partial charge on any atom is -0.376 e. The Labute approximate surface area is 200 Å². The van der Waals surface area contributed by atoms with E-state index in [1.54, 1.807) is 48.5 Å². The van der Waals surface area contributed by atoms with Crippen molar-refractivity contribution in [3.05, 3.63) is 95.6 Å². The van der Waals surface area contributed by atoms with Gasteiger partial charge in [0.25, 0.3) is 11.8 Å². The van der Waals surface area contributed by atoms with Crippen LogP contribution in [0.1, 0.15) is 46.0 Å². The van der Waals surface area contributed by atoms with Crippen molar-refractivity contribution in [2.24, 2.45) is 0 Å². The number of carbonyl (C=O) groups excluding carboxylic acids is 3. The summed E-state index contributed by atoms with van der Waals surface area (Å²) in [7, 11) is 0. The lowest BCUT2D eigenvalue weighted by atomic mass is 10.1. The predicted molar refractivity (Wildman–Crippen MR) is 135 cm³/mol. The summed E-state index contributed by atoms with van der Waals surface area (Å²) in [6.45, 7) is 3.25. The molecule has 0 radical (unpaired) electrons. The molecule has 3 rings (SSSR count). The van der Waals surface area contributed by atoms with Crippen LogP contribution in [0.3, 0.4) is 0 Å². The highest BCUT2D eigenvalue weighted by Crippen LogP contribution is 2.12. The number of hydrogen-bond donors (Lipinski definition) is 4. The summed E-state index contributed by atoms with van der Waals surface area (Å²) in [5.41, 5.74) is 3.48. The zero-order valence-electron chi connectivity index (χ0n) is 19.3. The average molecular weight is 459 g/mol. The van der Waals surface area contributed by atoms with Crippen LogP contribution in [0.15, 0.2) is 78.9 Å². The van der Waals surface area contributed by atoms with Gasteiger partial charge in [-0.15, -0.1) is 0 Å². The van der Waals surface area contributed by atoms with Crippen molar-refractivity contribution in [2.75, 3.05) is 23.7 Å². The molecule has 3 aromatic carbocycles. The summed E-state index contributed by atoms with van der Waals surface area (Å²) in [5, 5.41) is 11.6. The first-order chi connectivity index (χ1) is 16.5. The van der Waals surface area contributed by atoms with Gasteiger partial charge in [0, 0.05) is 35.6 Å². The quantitative estimate of drug-likeness (QED) is 0.324. The number of unbranched alkanes of at least 4 members (excludes halogenated alkanes) is 1. The van der Waals surface area contributed by atoms with E-state index < -0.39 is 0 Å². The summed E-state index contributed by atoms with van der Waals surface area (Å²) >= 11 is 0. The zero-order chi connectivity index (χ0) is 24.2. The molecule has 0 aliphatic carbocycles. The van der Waals surface area contributed by atoms with E-state index in [4.69, 9.17) is 0 Å². The van der Waals surface area contributed by atoms with Crippen LogP contribution in [-0.4, -0.2) is 30.8 Å². The van der Waals surface area contributed by atoms with E-state index in [1.807, 2.05) is 30.3 Å². The van der Waals surface area contributed by atoms with Crippen LogP contribution in [-0.2, 0) is 11.3 Å². The van der Waals surface area contributed by atoms with Crippen molar-refractivity contribution in [3.8, 4) is 0 Å². The first-order valence-electron chi connectivity index (χ1n) is 11.4. The van der Waals surface area contributed by atoms with Gasteiger partial charge in [0.05, 0.1) is 6.54 Å². The van der Waals surface area contributed by atoms with Gasteiger partial charge in [-0.3, -0.25) is 14.4 Å². The lowest BCUT2D eigenvalue weighted by molar-refractivity contribution is -0.114. The molecule has 0 atom stereocenters. The number of hydrogen-bond acceptors (Lipinski definition) is 4. The number of benzene rings is 3. The Bertz CT molecular complexity index is 1080. The van der Waals surface area contributed by atoms with Gasteiger partial charge in [-0.1, -0.05) is 43.7 Å². The topological polar surface area (TPSA) is 99.3 Å². The number of rotatable bonds is 11. The molecule has 4 N–H and O–H groups in total. The predicted octanol–water partition coefficient (Wildman–Crippen LogP) is 4.20. The molecule has 7 heteroatoms. The molecule has 0 aromatic heterocycles. The second-order valence-corrected chi connectivity index (χ2v) is 7.83. The summed E-state index contributed by atoms with van der Waals surface area (Å²) in [5.74, 6) is -0.495. The number of anilines is 2. The van der Waals surface area contributed by atoms with E-state index >= 15 is 0 Å². The lowest BCUT2D eigenvalue weighted by Crippen LogP contribution is -2.24. The molecule has 3 aromatic rings. The smallest absolute Gasteiger partial charge is 0.251 e. The maximum atomic E-state index is 12.3. The first-order valence-corrected chi connectivity index (χ1v) is 11.4. The van der Waals surface area contributed by atoms with E-state index in [2.05, 4.69) is 28.2 Å². The van der Waals surface area contributed by atoms with Gasteiger partial charge in [-0.05, 0) is 60.5 Å². The van der Waals surface area contributed by atoms with Crippen molar-refractivity contribution >= 4 is 29.1 Å². The third kappa shape index (κ3) is 7.78. The highest BCUT2D eigenvalue weighted by Gasteiger charge is 2.08.